The van der Waals surface area contributed by atoms with Crippen LogP contribution in [-0.2, 0) is 30.6 Å². The zero-order valence-corrected chi connectivity index (χ0v) is 22.4. The smallest absolute Gasteiger partial charge is 0.419 e. The summed E-state index contributed by atoms with van der Waals surface area (Å²) in [6.45, 7) is 4.53. The summed E-state index contributed by atoms with van der Waals surface area (Å²) < 4.78 is 90.3. The van der Waals surface area contributed by atoms with E-state index in [0.29, 0.717) is 32.1 Å². The van der Waals surface area contributed by atoms with Crippen LogP contribution >= 0.6 is 0 Å². The van der Waals surface area contributed by atoms with E-state index in [2.05, 4.69) is 0 Å². The molecule has 4 aliphatic rings. The number of halogens is 3. The highest BCUT2D eigenvalue weighted by Crippen LogP contribution is 2.63. The summed E-state index contributed by atoms with van der Waals surface area (Å²) in [6.07, 6.45) is -1.16. The van der Waals surface area contributed by atoms with Crippen molar-refractivity contribution >= 4 is 22.1 Å². The molecule has 1 aromatic carbocycles. The summed E-state index contributed by atoms with van der Waals surface area (Å²) in [7, 11) is -4.54. The number of hydrogen-bond acceptors (Lipinski definition) is 8. The fourth-order valence-electron chi connectivity index (χ4n) is 6.52. The van der Waals surface area contributed by atoms with Gasteiger partial charge in [0.2, 0.25) is 0 Å². The second kappa shape index (κ2) is 9.69. The molecule has 1 aromatic rings. The molecule has 2 atom stereocenters. The van der Waals surface area contributed by atoms with Gasteiger partial charge >= 0.3 is 18.1 Å². The standard InChI is InChI=1S/C26H33F3O8S/c1-4-23(2,3)36-20-10-18(5-6-19(20)26(27,28)29)21(30)37-25-13-16-9-17(14-25)12-24(11-16,15-25)22(31)35-7-8-38(32,33)34/h5-6,10,16-17H,4,7-9,11-15H2,1-3H3,(H,32,33,34)/p-1. The van der Waals surface area contributed by atoms with Gasteiger partial charge in [-0.25, -0.2) is 13.2 Å². The number of ether oxygens (including phenoxy) is 3. The Balaban J connectivity index is 1.56. The fourth-order valence-corrected chi connectivity index (χ4v) is 6.81. The van der Waals surface area contributed by atoms with Crippen molar-refractivity contribution in [1.29, 1.82) is 0 Å². The maximum atomic E-state index is 13.6. The number of benzene rings is 1. The Morgan fingerprint density at radius 2 is 1.74 bits per heavy atom. The number of hydrogen-bond donors (Lipinski definition) is 0. The lowest BCUT2D eigenvalue weighted by molar-refractivity contribution is -0.196. The molecule has 0 aliphatic heterocycles. The largest absolute Gasteiger partial charge is 0.748 e. The van der Waals surface area contributed by atoms with Crippen molar-refractivity contribution in [3.63, 3.8) is 0 Å². The third kappa shape index (κ3) is 6.11. The Morgan fingerprint density at radius 3 is 2.29 bits per heavy atom. The maximum absolute atomic E-state index is 13.6. The van der Waals surface area contributed by atoms with Gasteiger partial charge in [-0.2, -0.15) is 13.2 Å². The molecule has 4 bridgehead atoms. The molecule has 5 rings (SSSR count). The molecule has 8 nitrogen and oxygen atoms in total. The summed E-state index contributed by atoms with van der Waals surface area (Å²) in [5, 5.41) is 0. The molecule has 0 saturated heterocycles. The third-order valence-corrected chi connectivity index (χ3v) is 8.74. The van der Waals surface area contributed by atoms with E-state index in [9.17, 15) is 35.7 Å². The van der Waals surface area contributed by atoms with Crippen molar-refractivity contribution in [3.8, 4) is 5.75 Å². The predicted octanol–water partition coefficient (Wildman–Crippen LogP) is 4.86. The van der Waals surface area contributed by atoms with E-state index in [0.717, 1.165) is 24.6 Å². The monoisotopic (exact) mass is 561 g/mol. The maximum Gasteiger partial charge on any atom is 0.419 e. The molecule has 0 N–H and O–H groups in total. The molecule has 2 unspecified atom stereocenters. The second-order valence-electron chi connectivity index (χ2n) is 11.6. The van der Waals surface area contributed by atoms with Crippen molar-refractivity contribution in [2.24, 2.45) is 17.3 Å². The van der Waals surface area contributed by atoms with Gasteiger partial charge in [0.25, 0.3) is 0 Å². The van der Waals surface area contributed by atoms with E-state index in [1.54, 1.807) is 20.8 Å². The minimum atomic E-state index is -4.68. The average molecular weight is 562 g/mol. The van der Waals surface area contributed by atoms with Crippen LogP contribution in [0.4, 0.5) is 13.2 Å². The normalized spacial score (nSPS) is 28.7. The van der Waals surface area contributed by atoms with Crippen LogP contribution in [0.15, 0.2) is 18.2 Å². The number of carbonyl (C=O) groups is 2. The van der Waals surface area contributed by atoms with Gasteiger partial charge < -0.3 is 18.8 Å². The highest BCUT2D eigenvalue weighted by molar-refractivity contribution is 7.85. The minimum Gasteiger partial charge on any atom is -0.748 e. The highest BCUT2D eigenvalue weighted by Gasteiger charge is 2.63. The fraction of sp³-hybridized carbons (Fsp3) is 0.692. The van der Waals surface area contributed by atoms with Gasteiger partial charge in [-0.3, -0.25) is 4.79 Å². The van der Waals surface area contributed by atoms with Crippen molar-refractivity contribution in [2.45, 2.75) is 83.1 Å². The van der Waals surface area contributed by atoms with E-state index in [-0.39, 0.29) is 23.8 Å². The first kappa shape index (κ1) is 28.7. The Kier molecular flexibility index (Phi) is 7.31. The summed E-state index contributed by atoms with van der Waals surface area (Å²) in [5.41, 5.74) is -3.94. The Hall–Kier alpha value is -2.34. The summed E-state index contributed by atoms with van der Waals surface area (Å²) in [4.78, 5) is 26.3. The van der Waals surface area contributed by atoms with Crippen LogP contribution < -0.4 is 4.74 Å². The zero-order chi connectivity index (χ0) is 28.1. The van der Waals surface area contributed by atoms with Crippen LogP contribution in [0.25, 0.3) is 0 Å². The molecule has 0 radical (unpaired) electrons. The first-order valence-corrected chi connectivity index (χ1v) is 14.3. The lowest BCUT2D eigenvalue weighted by atomic mass is 9.48. The number of rotatable bonds is 9. The van der Waals surface area contributed by atoms with Gasteiger partial charge in [-0.1, -0.05) is 6.92 Å². The molecule has 4 fully saturated rings. The minimum absolute atomic E-state index is 0.0803. The van der Waals surface area contributed by atoms with Crippen molar-refractivity contribution in [1.82, 2.24) is 0 Å². The molecular formula is C26H32F3O8S-. The van der Waals surface area contributed by atoms with Crippen molar-refractivity contribution in [3.05, 3.63) is 29.3 Å². The molecule has 4 aliphatic carbocycles. The topological polar surface area (TPSA) is 119 Å². The first-order chi connectivity index (χ1) is 17.4. The van der Waals surface area contributed by atoms with E-state index >= 15 is 0 Å². The van der Waals surface area contributed by atoms with Crippen LogP contribution in [0.2, 0.25) is 0 Å². The predicted molar refractivity (Wildman–Crippen MR) is 127 cm³/mol. The second-order valence-corrected chi connectivity index (χ2v) is 13.2. The van der Waals surface area contributed by atoms with Gasteiger partial charge in [-0.05, 0) is 82.4 Å². The van der Waals surface area contributed by atoms with Gasteiger partial charge in [0, 0.05) is 6.42 Å². The summed E-state index contributed by atoms with van der Waals surface area (Å²) in [6, 6.07) is 2.92. The SMILES string of the molecule is CCC(C)(C)Oc1cc(C(=O)OC23CC4CC(C2)CC(C(=O)OCCS(=O)(=O)[O-])(C4)C3)ccc1C(F)(F)F. The summed E-state index contributed by atoms with van der Waals surface area (Å²) in [5.74, 6) is -2.54. The molecule has 0 spiro atoms. The zero-order valence-electron chi connectivity index (χ0n) is 21.6. The molecule has 0 heterocycles. The van der Waals surface area contributed by atoms with Crippen LogP contribution in [0, 0.1) is 17.3 Å². The summed E-state index contributed by atoms with van der Waals surface area (Å²) >= 11 is 0. The van der Waals surface area contributed by atoms with Gasteiger partial charge in [0.05, 0.1) is 32.4 Å². The molecular weight excluding hydrogens is 529 g/mol. The third-order valence-electron chi connectivity index (χ3n) is 8.08. The van der Waals surface area contributed by atoms with Gasteiger partial charge in [0.1, 0.15) is 23.6 Å². The van der Waals surface area contributed by atoms with E-state index < -0.39 is 68.5 Å². The van der Waals surface area contributed by atoms with E-state index in [1.807, 2.05) is 0 Å². The Bertz CT molecular complexity index is 1190. The average Bonchev–Trinajstić information content (AvgIpc) is 2.76. The van der Waals surface area contributed by atoms with Crippen LogP contribution in [-0.4, -0.2) is 48.5 Å². The number of esters is 2. The van der Waals surface area contributed by atoms with Crippen LogP contribution in [0.5, 0.6) is 5.75 Å². The molecule has 38 heavy (non-hydrogen) atoms. The molecule has 12 heteroatoms. The lowest BCUT2D eigenvalue weighted by Gasteiger charge is -2.59. The first-order valence-electron chi connectivity index (χ1n) is 12.7. The lowest BCUT2D eigenvalue weighted by Crippen LogP contribution is -2.60. The number of carbonyl (C=O) groups excluding carboxylic acids is 2. The van der Waals surface area contributed by atoms with Crippen LogP contribution in [0.1, 0.15) is 81.6 Å². The van der Waals surface area contributed by atoms with Crippen molar-refractivity contribution < 1.29 is 49.9 Å². The Morgan fingerprint density at radius 1 is 1.11 bits per heavy atom. The van der Waals surface area contributed by atoms with Crippen molar-refractivity contribution in [2.75, 3.05) is 12.4 Å². The Labute approximate surface area is 220 Å². The van der Waals surface area contributed by atoms with E-state index in [4.69, 9.17) is 14.2 Å². The van der Waals surface area contributed by atoms with E-state index in [1.165, 1.54) is 0 Å². The highest BCUT2D eigenvalue weighted by atomic mass is 32.2. The van der Waals surface area contributed by atoms with Gasteiger partial charge in [-0.15, -0.1) is 0 Å². The van der Waals surface area contributed by atoms with Gasteiger partial charge in [0.15, 0.2) is 0 Å². The van der Waals surface area contributed by atoms with Crippen LogP contribution in [0.3, 0.4) is 0 Å². The molecule has 212 valence electrons. The number of alkyl halides is 3. The molecule has 0 amide bonds. The quantitative estimate of drug-likeness (QED) is 0.310. The molecule has 4 saturated carbocycles. The molecule has 0 aromatic heterocycles.